The summed E-state index contributed by atoms with van der Waals surface area (Å²) in [4.78, 5) is 17.4. The van der Waals surface area contributed by atoms with Crippen LogP contribution in [0.4, 0.5) is 5.95 Å². The second kappa shape index (κ2) is 8.73. The van der Waals surface area contributed by atoms with E-state index in [0.717, 1.165) is 11.0 Å². The number of carbonyl (C=O) groups excluding carboxylic acids is 1. The molecule has 1 heterocycles. The highest BCUT2D eigenvalue weighted by Crippen LogP contribution is 2.21. The number of nitrogens with one attached hydrogen (secondary N) is 2. The van der Waals surface area contributed by atoms with E-state index in [4.69, 9.17) is 4.74 Å². The summed E-state index contributed by atoms with van der Waals surface area (Å²) in [5, 5.41) is 2.82. The highest BCUT2D eigenvalue weighted by molar-refractivity contribution is 7.89. The molecule has 0 fully saturated rings. The average Bonchev–Trinajstić information content (AvgIpc) is 3.05. The number of sulfonamides is 1. The van der Waals surface area contributed by atoms with Crippen LogP contribution in [0.2, 0.25) is 0 Å². The molecule has 0 aliphatic carbocycles. The van der Waals surface area contributed by atoms with Gasteiger partial charge in [-0.2, -0.15) is 0 Å². The number of aromatic nitrogens is 2. The minimum absolute atomic E-state index is 0.0216. The zero-order valence-electron chi connectivity index (χ0n) is 16.6. The molecule has 9 heteroatoms. The Labute approximate surface area is 169 Å². The summed E-state index contributed by atoms with van der Waals surface area (Å²) >= 11 is 0. The number of aryl methyl sites for hydroxylation is 2. The van der Waals surface area contributed by atoms with Crippen LogP contribution in [-0.2, 0) is 21.3 Å². The molecule has 3 aromatic rings. The second-order valence-electron chi connectivity index (χ2n) is 6.49. The lowest BCUT2D eigenvalue weighted by Crippen LogP contribution is -2.27. The molecule has 0 atom stereocenters. The molecule has 0 radical (unpaired) electrons. The molecule has 0 aliphatic heterocycles. The Balaban J connectivity index is 1.90. The van der Waals surface area contributed by atoms with Crippen LogP contribution in [0.1, 0.15) is 22.8 Å². The third kappa shape index (κ3) is 4.47. The summed E-state index contributed by atoms with van der Waals surface area (Å²) in [7, 11) is -2.25. The summed E-state index contributed by atoms with van der Waals surface area (Å²) in [5.74, 6) is 0.00558. The Morgan fingerprint density at radius 1 is 1.21 bits per heavy atom. The van der Waals surface area contributed by atoms with Crippen LogP contribution in [0.25, 0.3) is 11.0 Å². The predicted molar refractivity (Wildman–Crippen MR) is 112 cm³/mol. The lowest BCUT2D eigenvalue weighted by atomic mass is 10.1. The Bertz CT molecular complexity index is 1140. The molecule has 2 N–H and O–H groups in total. The van der Waals surface area contributed by atoms with E-state index in [2.05, 4.69) is 15.0 Å². The first-order valence-corrected chi connectivity index (χ1v) is 10.7. The van der Waals surface area contributed by atoms with Crippen molar-refractivity contribution in [3.05, 3.63) is 53.6 Å². The topological polar surface area (TPSA) is 102 Å². The fourth-order valence-corrected chi connectivity index (χ4v) is 4.07. The van der Waals surface area contributed by atoms with Crippen molar-refractivity contribution < 1.29 is 17.9 Å². The first kappa shape index (κ1) is 21.0. The van der Waals surface area contributed by atoms with E-state index < -0.39 is 15.9 Å². The van der Waals surface area contributed by atoms with Crippen LogP contribution >= 0.6 is 0 Å². The second-order valence-corrected chi connectivity index (χ2v) is 8.26. The molecule has 154 valence electrons. The van der Waals surface area contributed by atoms with Crippen LogP contribution in [-0.4, -0.2) is 44.1 Å². The number of nitrogens with zero attached hydrogens (tertiary/aromatic N) is 2. The Hall–Kier alpha value is -2.75. The monoisotopic (exact) mass is 416 g/mol. The number of amides is 1. The smallest absolute Gasteiger partial charge is 0.258 e. The zero-order valence-corrected chi connectivity index (χ0v) is 17.4. The molecule has 0 saturated heterocycles. The van der Waals surface area contributed by atoms with Gasteiger partial charge in [-0.1, -0.05) is 18.2 Å². The third-order valence-electron chi connectivity index (χ3n) is 4.56. The van der Waals surface area contributed by atoms with Gasteiger partial charge >= 0.3 is 0 Å². The lowest BCUT2D eigenvalue weighted by Gasteiger charge is -2.12. The molecule has 8 nitrogen and oxygen atoms in total. The molecule has 0 aliphatic rings. The predicted octanol–water partition coefficient (Wildman–Crippen LogP) is 2.54. The van der Waals surface area contributed by atoms with Crippen molar-refractivity contribution in [1.82, 2.24) is 14.3 Å². The van der Waals surface area contributed by atoms with Gasteiger partial charge in [0.1, 0.15) is 0 Å². The maximum absolute atomic E-state index is 12.9. The fourth-order valence-electron chi connectivity index (χ4n) is 3.03. The molecule has 1 amide bonds. The number of hydrogen-bond donors (Lipinski definition) is 2. The number of rotatable bonds is 8. The van der Waals surface area contributed by atoms with Crippen molar-refractivity contribution in [2.75, 3.05) is 25.6 Å². The molecule has 1 aromatic heterocycles. The quantitative estimate of drug-likeness (QED) is 0.550. The summed E-state index contributed by atoms with van der Waals surface area (Å²) in [5.41, 5.74) is 2.63. The van der Waals surface area contributed by atoms with Gasteiger partial charge in [-0.15, -0.1) is 0 Å². The van der Waals surface area contributed by atoms with Gasteiger partial charge in [0.15, 0.2) is 0 Å². The Morgan fingerprint density at radius 3 is 2.69 bits per heavy atom. The first-order chi connectivity index (χ1) is 13.9. The van der Waals surface area contributed by atoms with E-state index >= 15 is 0 Å². The molecular weight excluding hydrogens is 392 g/mol. The Morgan fingerprint density at radius 2 is 1.97 bits per heavy atom. The highest BCUT2D eigenvalue weighted by atomic mass is 32.2. The Kier molecular flexibility index (Phi) is 6.31. The number of imidazole rings is 1. The van der Waals surface area contributed by atoms with Crippen LogP contribution in [0.5, 0.6) is 0 Å². The fraction of sp³-hybridized carbons (Fsp3) is 0.300. The van der Waals surface area contributed by atoms with Crippen molar-refractivity contribution >= 4 is 32.9 Å². The molecule has 0 unspecified atom stereocenters. The number of anilines is 1. The van der Waals surface area contributed by atoms with Crippen LogP contribution in [0, 0.1) is 6.92 Å². The highest BCUT2D eigenvalue weighted by Gasteiger charge is 2.19. The van der Waals surface area contributed by atoms with E-state index in [1.165, 1.54) is 19.2 Å². The molecule has 3 rings (SSSR count). The normalized spacial score (nSPS) is 11.7. The number of benzene rings is 2. The van der Waals surface area contributed by atoms with Crippen LogP contribution in [0.3, 0.4) is 0 Å². The van der Waals surface area contributed by atoms with Gasteiger partial charge in [0.25, 0.3) is 5.91 Å². The van der Waals surface area contributed by atoms with Gasteiger partial charge in [0.2, 0.25) is 16.0 Å². The van der Waals surface area contributed by atoms with Crippen molar-refractivity contribution in [1.29, 1.82) is 0 Å². The van der Waals surface area contributed by atoms with E-state index in [0.29, 0.717) is 18.1 Å². The van der Waals surface area contributed by atoms with E-state index in [1.54, 1.807) is 13.0 Å². The summed E-state index contributed by atoms with van der Waals surface area (Å²) < 4.78 is 34.1. The number of carbonyl (C=O) groups is 1. The number of ether oxygens (including phenoxy) is 1. The first-order valence-electron chi connectivity index (χ1n) is 9.23. The third-order valence-corrected chi connectivity index (χ3v) is 6.02. The van der Waals surface area contributed by atoms with Gasteiger partial charge in [-0.05, 0) is 43.7 Å². The van der Waals surface area contributed by atoms with E-state index in [-0.39, 0.29) is 23.6 Å². The van der Waals surface area contributed by atoms with E-state index in [1.807, 2.05) is 35.8 Å². The number of methoxy groups -OCH3 is 1. The average molecular weight is 417 g/mol. The standard InChI is InChI=1S/C20H24N4O4S/c1-4-24-18-8-6-5-7-17(18)22-20(24)23-19(25)16-13-15(10-9-14(16)2)29(26,27)21-11-12-28-3/h5-10,13,21H,4,11-12H2,1-3H3,(H,22,23,25). The van der Waals surface area contributed by atoms with Crippen molar-refractivity contribution in [2.24, 2.45) is 0 Å². The van der Waals surface area contributed by atoms with Gasteiger partial charge < -0.3 is 9.30 Å². The minimum atomic E-state index is -3.74. The summed E-state index contributed by atoms with van der Waals surface area (Å²) in [6.45, 7) is 4.76. The van der Waals surface area contributed by atoms with Gasteiger partial charge in [0.05, 0.1) is 22.5 Å². The van der Waals surface area contributed by atoms with Crippen molar-refractivity contribution in [3.8, 4) is 0 Å². The molecule has 2 aromatic carbocycles. The maximum atomic E-state index is 12.9. The molecule has 0 spiro atoms. The van der Waals surface area contributed by atoms with Gasteiger partial charge in [0, 0.05) is 25.8 Å². The largest absolute Gasteiger partial charge is 0.383 e. The minimum Gasteiger partial charge on any atom is -0.383 e. The molecule has 29 heavy (non-hydrogen) atoms. The van der Waals surface area contributed by atoms with Gasteiger partial charge in [-0.25, -0.2) is 18.1 Å². The number of hydrogen-bond acceptors (Lipinski definition) is 5. The van der Waals surface area contributed by atoms with Gasteiger partial charge in [-0.3, -0.25) is 10.1 Å². The maximum Gasteiger partial charge on any atom is 0.258 e. The molecule has 0 saturated carbocycles. The van der Waals surface area contributed by atoms with Crippen LogP contribution in [0.15, 0.2) is 47.4 Å². The van der Waals surface area contributed by atoms with Crippen molar-refractivity contribution in [3.63, 3.8) is 0 Å². The molecular formula is C20H24N4O4S. The summed E-state index contributed by atoms with van der Waals surface area (Å²) in [6, 6.07) is 12.1. The van der Waals surface area contributed by atoms with Crippen LogP contribution < -0.4 is 10.0 Å². The number of fused-ring (bicyclic) bond motifs is 1. The number of para-hydroxylation sites is 2. The lowest BCUT2D eigenvalue weighted by molar-refractivity contribution is 0.102. The van der Waals surface area contributed by atoms with Crippen molar-refractivity contribution in [2.45, 2.75) is 25.3 Å². The van der Waals surface area contributed by atoms with E-state index in [9.17, 15) is 13.2 Å². The zero-order chi connectivity index (χ0) is 21.0. The SMILES string of the molecule is CCn1c(NC(=O)c2cc(S(=O)(=O)NCCOC)ccc2C)nc2ccccc21. The summed E-state index contributed by atoms with van der Waals surface area (Å²) in [6.07, 6.45) is 0. The molecule has 0 bridgehead atoms.